The molecule has 0 aromatic carbocycles. The van der Waals surface area contributed by atoms with Crippen LogP contribution in [-0.2, 0) is 19.6 Å². The number of rotatable bonds is 4. The first kappa shape index (κ1) is 20.4. The molecule has 164 valence electrons. The van der Waals surface area contributed by atoms with Gasteiger partial charge in [-0.2, -0.15) is 5.10 Å². The summed E-state index contributed by atoms with van der Waals surface area (Å²) in [5, 5.41) is 14.0. The third-order valence-corrected chi connectivity index (χ3v) is 7.73. The van der Waals surface area contributed by atoms with Gasteiger partial charge in [0, 0.05) is 31.5 Å². The molecule has 7 nitrogen and oxygen atoms in total. The van der Waals surface area contributed by atoms with Crippen molar-refractivity contribution in [3.8, 4) is 0 Å². The Balaban J connectivity index is 1.31. The fourth-order valence-electron chi connectivity index (χ4n) is 5.77. The van der Waals surface area contributed by atoms with E-state index in [9.17, 15) is 0 Å². The molecule has 0 radical (unpaired) electrons. The molecule has 0 N–H and O–H groups in total. The van der Waals surface area contributed by atoms with Crippen LogP contribution in [0.5, 0.6) is 0 Å². The lowest BCUT2D eigenvalue weighted by Crippen LogP contribution is -2.37. The Morgan fingerprint density at radius 1 is 0.933 bits per heavy atom. The van der Waals surface area contributed by atoms with Crippen molar-refractivity contribution in [3.63, 3.8) is 0 Å². The first-order chi connectivity index (χ1) is 14.7. The molecule has 2 aromatic heterocycles. The van der Waals surface area contributed by atoms with Gasteiger partial charge in [-0.25, -0.2) is 4.68 Å². The van der Waals surface area contributed by atoms with E-state index in [4.69, 9.17) is 17.3 Å². The van der Waals surface area contributed by atoms with Gasteiger partial charge in [0.1, 0.15) is 17.5 Å². The van der Waals surface area contributed by atoms with E-state index in [1.54, 1.807) is 0 Å². The number of likely N-dealkylation sites (tertiary alicyclic amines) is 1. The molecular formula is C22H35N7S. The Morgan fingerprint density at radius 2 is 1.77 bits per heavy atom. The normalized spacial score (nSPS) is 24.0. The summed E-state index contributed by atoms with van der Waals surface area (Å²) in [5.74, 6) is 3.95. The highest BCUT2D eigenvalue weighted by atomic mass is 32.1. The minimum atomic E-state index is 0.466. The van der Waals surface area contributed by atoms with E-state index in [0.29, 0.717) is 12.0 Å². The maximum Gasteiger partial charge on any atom is 0.199 e. The molecule has 2 fully saturated rings. The van der Waals surface area contributed by atoms with Crippen molar-refractivity contribution < 1.29 is 0 Å². The molecule has 0 spiro atoms. The quantitative estimate of drug-likeness (QED) is 0.675. The number of aromatic nitrogens is 6. The summed E-state index contributed by atoms with van der Waals surface area (Å²) in [4.78, 5) is 2.51. The maximum atomic E-state index is 5.88. The molecule has 30 heavy (non-hydrogen) atoms. The summed E-state index contributed by atoms with van der Waals surface area (Å²) in [6.07, 6.45) is 13.8. The molecule has 3 aliphatic rings. The van der Waals surface area contributed by atoms with Gasteiger partial charge < -0.3 is 9.13 Å². The summed E-state index contributed by atoms with van der Waals surface area (Å²) >= 11 is 5.88. The number of piperidine rings is 1. The molecule has 1 saturated heterocycles. The molecule has 5 rings (SSSR count). The fourth-order valence-corrected chi connectivity index (χ4v) is 6.15. The van der Waals surface area contributed by atoms with Crippen LogP contribution in [0.1, 0.15) is 93.6 Å². The number of nitrogens with zero attached hydrogens (tertiary/aromatic N) is 7. The van der Waals surface area contributed by atoms with Crippen LogP contribution in [0.25, 0.3) is 0 Å². The maximum absolute atomic E-state index is 5.88. The van der Waals surface area contributed by atoms with Crippen LogP contribution in [0.4, 0.5) is 0 Å². The van der Waals surface area contributed by atoms with E-state index in [2.05, 4.69) is 35.8 Å². The summed E-state index contributed by atoms with van der Waals surface area (Å²) < 4.78 is 7.72. The first-order valence-electron chi connectivity index (χ1n) is 12.0. The summed E-state index contributed by atoms with van der Waals surface area (Å²) in [7, 11) is 0. The summed E-state index contributed by atoms with van der Waals surface area (Å²) in [5.41, 5.74) is 0. The zero-order valence-electron chi connectivity index (χ0n) is 18.3. The third-order valence-electron chi connectivity index (χ3n) is 7.32. The molecule has 2 aromatic rings. The van der Waals surface area contributed by atoms with Gasteiger partial charge in [0.05, 0.1) is 6.67 Å². The topological polar surface area (TPSA) is 56.7 Å². The van der Waals surface area contributed by atoms with Crippen LogP contribution in [0, 0.1) is 11.7 Å². The first-order valence-corrected chi connectivity index (χ1v) is 12.4. The molecule has 0 bridgehead atoms. The second kappa shape index (κ2) is 8.91. The SMILES string of the molecule is Cc1nn(CN2CCCC(c3nnc4n3CCCCC4)C2)c(=S)n1C1CCCCC1. The Bertz CT molecular complexity index is 921. The molecule has 1 aliphatic carbocycles. The largest absolute Gasteiger partial charge is 0.315 e. The van der Waals surface area contributed by atoms with Crippen LogP contribution in [-0.4, -0.2) is 47.1 Å². The standard InChI is InChI=1S/C22H35N7S/c1-17-25-28(22(30)29(17)19-10-4-2-5-11-19)16-26-13-8-9-18(15-26)21-24-23-20-12-6-3-7-14-27(20)21/h18-19H,2-16H2,1H3. The van der Waals surface area contributed by atoms with Crippen molar-refractivity contribution in [1.29, 1.82) is 0 Å². The minimum absolute atomic E-state index is 0.466. The zero-order chi connectivity index (χ0) is 20.5. The number of aryl methyl sites for hydroxylation is 2. The average molecular weight is 430 g/mol. The van der Waals surface area contributed by atoms with Crippen molar-refractivity contribution in [2.24, 2.45) is 0 Å². The highest BCUT2D eigenvalue weighted by Crippen LogP contribution is 2.30. The van der Waals surface area contributed by atoms with Gasteiger partial charge >= 0.3 is 0 Å². The van der Waals surface area contributed by atoms with E-state index < -0.39 is 0 Å². The van der Waals surface area contributed by atoms with Gasteiger partial charge in [-0.1, -0.05) is 25.7 Å². The van der Waals surface area contributed by atoms with E-state index in [1.165, 1.54) is 75.9 Å². The van der Waals surface area contributed by atoms with Crippen LogP contribution < -0.4 is 0 Å². The van der Waals surface area contributed by atoms with Gasteiger partial charge in [-0.05, 0) is 64.2 Å². The Labute approximate surface area is 184 Å². The minimum Gasteiger partial charge on any atom is -0.315 e. The van der Waals surface area contributed by atoms with E-state index >= 15 is 0 Å². The van der Waals surface area contributed by atoms with Gasteiger partial charge in [0.25, 0.3) is 0 Å². The van der Waals surface area contributed by atoms with Crippen LogP contribution in [0.3, 0.4) is 0 Å². The van der Waals surface area contributed by atoms with Crippen LogP contribution in [0.2, 0.25) is 0 Å². The summed E-state index contributed by atoms with van der Waals surface area (Å²) in [6.45, 7) is 6.12. The summed E-state index contributed by atoms with van der Waals surface area (Å²) in [6, 6.07) is 0.542. The number of hydrogen-bond donors (Lipinski definition) is 0. The lowest BCUT2D eigenvalue weighted by atomic mass is 9.95. The third kappa shape index (κ3) is 4.00. The van der Waals surface area contributed by atoms with Crippen molar-refractivity contribution in [3.05, 3.63) is 22.2 Å². The van der Waals surface area contributed by atoms with Crippen molar-refractivity contribution in [1.82, 2.24) is 34.0 Å². The van der Waals surface area contributed by atoms with E-state index in [0.717, 1.165) is 43.3 Å². The predicted molar refractivity (Wildman–Crippen MR) is 119 cm³/mol. The molecule has 1 atom stereocenters. The van der Waals surface area contributed by atoms with Crippen molar-refractivity contribution in [2.45, 2.75) is 103 Å². The molecule has 1 unspecified atom stereocenters. The second-order valence-electron chi connectivity index (χ2n) is 9.49. The van der Waals surface area contributed by atoms with Crippen LogP contribution in [0.15, 0.2) is 0 Å². The highest BCUT2D eigenvalue weighted by Gasteiger charge is 2.28. The smallest absolute Gasteiger partial charge is 0.199 e. The van der Waals surface area contributed by atoms with E-state index in [1.807, 2.05) is 0 Å². The van der Waals surface area contributed by atoms with Crippen molar-refractivity contribution in [2.75, 3.05) is 13.1 Å². The lowest BCUT2D eigenvalue weighted by Gasteiger charge is -2.32. The van der Waals surface area contributed by atoms with Gasteiger partial charge in [-0.3, -0.25) is 4.90 Å². The zero-order valence-corrected chi connectivity index (χ0v) is 19.1. The monoisotopic (exact) mass is 429 g/mol. The Morgan fingerprint density at radius 3 is 2.63 bits per heavy atom. The molecule has 0 amide bonds. The number of fused-ring (bicyclic) bond motifs is 1. The van der Waals surface area contributed by atoms with Gasteiger partial charge in [-0.15, -0.1) is 10.2 Å². The fraction of sp³-hybridized carbons (Fsp3) is 0.818. The molecule has 4 heterocycles. The average Bonchev–Trinajstić information content (AvgIpc) is 3.19. The lowest BCUT2D eigenvalue weighted by molar-refractivity contribution is 0.151. The van der Waals surface area contributed by atoms with E-state index in [-0.39, 0.29) is 0 Å². The molecule has 8 heteroatoms. The molecule has 1 saturated carbocycles. The Kier molecular flexibility index (Phi) is 6.05. The number of hydrogen-bond acceptors (Lipinski definition) is 5. The molecular weight excluding hydrogens is 394 g/mol. The molecule has 2 aliphatic heterocycles. The van der Waals surface area contributed by atoms with Crippen LogP contribution >= 0.6 is 12.2 Å². The highest BCUT2D eigenvalue weighted by molar-refractivity contribution is 7.71. The predicted octanol–water partition coefficient (Wildman–Crippen LogP) is 4.38. The van der Waals surface area contributed by atoms with Gasteiger partial charge in [0.2, 0.25) is 0 Å². The van der Waals surface area contributed by atoms with Crippen molar-refractivity contribution >= 4 is 12.2 Å². The van der Waals surface area contributed by atoms with Gasteiger partial charge in [0.15, 0.2) is 4.77 Å². The second-order valence-corrected chi connectivity index (χ2v) is 9.85. The Hall–Kier alpha value is -1.54.